The molecular weight excluding hydrogens is 322 g/mol. The van der Waals surface area contributed by atoms with Crippen LogP contribution in [0.5, 0.6) is 5.75 Å². The van der Waals surface area contributed by atoms with Crippen molar-refractivity contribution < 1.29 is 9.47 Å². The molecule has 1 aliphatic rings. The van der Waals surface area contributed by atoms with E-state index < -0.39 is 0 Å². The van der Waals surface area contributed by atoms with E-state index in [9.17, 15) is 0 Å². The molecule has 0 spiro atoms. The Kier molecular flexibility index (Phi) is 5.51. The van der Waals surface area contributed by atoms with Crippen LogP contribution in [0, 0.1) is 0 Å². The molecule has 0 aromatic heterocycles. The Hall–Kier alpha value is -2.31. The van der Waals surface area contributed by atoms with Gasteiger partial charge in [-0.25, -0.2) is 0 Å². The van der Waals surface area contributed by atoms with E-state index in [-0.39, 0.29) is 5.11 Å². The maximum atomic E-state index is 5.95. The molecule has 0 aliphatic carbocycles. The molecule has 1 saturated heterocycles. The highest BCUT2D eigenvalue weighted by Crippen LogP contribution is 2.31. The fourth-order valence-corrected chi connectivity index (χ4v) is 2.74. The third-order valence-corrected chi connectivity index (χ3v) is 3.94. The number of anilines is 2. The van der Waals surface area contributed by atoms with Gasteiger partial charge in [-0.15, -0.1) is 0 Å². The highest BCUT2D eigenvalue weighted by atomic mass is 32.1. The van der Waals surface area contributed by atoms with Crippen LogP contribution in [-0.4, -0.2) is 31.4 Å². The number of thiocarbonyl (C=S) groups is 1. The van der Waals surface area contributed by atoms with Gasteiger partial charge in [-0.3, -0.25) is 0 Å². The zero-order valence-electron chi connectivity index (χ0n) is 13.4. The van der Waals surface area contributed by atoms with Gasteiger partial charge in [0.05, 0.1) is 18.9 Å². The van der Waals surface area contributed by atoms with Gasteiger partial charge in [0.2, 0.25) is 0 Å². The van der Waals surface area contributed by atoms with Crippen molar-refractivity contribution in [3.63, 3.8) is 0 Å². The number of hydrogen-bond donors (Lipinski definition) is 2. The molecule has 1 aliphatic heterocycles. The van der Waals surface area contributed by atoms with Gasteiger partial charge in [-0.05, 0) is 36.0 Å². The normalized spacial score (nSPS) is 14.2. The summed E-state index contributed by atoms with van der Waals surface area (Å²) in [4.78, 5) is 2.27. The van der Waals surface area contributed by atoms with Crippen molar-refractivity contribution >= 4 is 28.7 Å². The largest absolute Gasteiger partial charge is 0.487 e. The van der Waals surface area contributed by atoms with Crippen LogP contribution in [0.2, 0.25) is 0 Å². The van der Waals surface area contributed by atoms with Crippen molar-refractivity contribution in [1.29, 1.82) is 0 Å². The van der Waals surface area contributed by atoms with E-state index >= 15 is 0 Å². The summed E-state index contributed by atoms with van der Waals surface area (Å²) in [6, 6.07) is 16.1. The summed E-state index contributed by atoms with van der Waals surface area (Å²) in [5, 5.41) is 3.24. The minimum atomic E-state index is 0.221. The number of ether oxygens (including phenoxy) is 2. The monoisotopic (exact) mass is 343 g/mol. The van der Waals surface area contributed by atoms with Crippen molar-refractivity contribution in [2.45, 2.75) is 6.61 Å². The van der Waals surface area contributed by atoms with Crippen LogP contribution < -0.4 is 20.7 Å². The fourth-order valence-electron chi connectivity index (χ4n) is 2.63. The zero-order valence-corrected chi connectivity index (χ0v) is 14.2. The molecule has 0 bridgehead atoms. The van der Waals surface area contributed by atoms with Crippen LogP contribution in [0.25, 0.3) is 0 Å². The number of benzene rings is 2. The third kappa shape index (κ3) is 4.37. The first-order valence-electron chi connectivity index (χ1n) is 7.92. The minimum absolute atomic E-state index is 0.221. The second-order valence-electron chi connectivity index (χ2n) is 5.54. The molecule has 2 aromatic carbocycles. The first kappa shape index (κ1) is 16.5. The molecule has 1 heterocycles. The predicted octanol–water partition coefficient (Wildman–Crippen LogP) is 2.76. The quantitative estimate of drug-likeness (QED) is 0.814. The summed E-state index contributed by atoms with van der Waals surface area (Å²) in [5.74, 6) is 0.726. The predicted molar refractivity (Wildman–Crippen MR) is 101 cm³/mol. The summed E-state index contributed by atoms with van der Waals surface area (Å²) in [5.41, 5.74) is 8.65. The molecule has 5 nitrogen and oxygen atoms in total. The van der Waals surface area contributed by atoms with Crippen LogP contribution in [-0.2, 0) is 11.3 Å². The molecule has 2 aromatic rings. The van der Waals surface area contributed by atoms with Crippen LogP contribution >= 0.6 is 12.2 Å². The Morgan fingerprint density at radius 2 is 1.92 bits per heavy atom. The van der Waals surface area contributed by atoms with Crippen molar-refractivity contribution in [3.8, 4) is 5.75 Å². The van der Waals surface area contributed by atoms with Crippen molar-refractivity contribution in [2.24, 2.45) is 5.73 Å². The average Bonchev–Trinajstić information content (AvgIpc) is 2.62. The number of nitrogens with zero attached hydrogens (tertiary/aromatic N) is 1. The first-order chi connectivity index (χ1) is 11.7. The summed E-state index contributed by atoms with van der Waals surface area (Å²) < 4.78 is 11.4. The van der Waals surface area contributed by atoms with E-state index in [1.165, 1.54) is 0 Å². The van der Waals surface area contributed by atoms with E-state index in [0.717, 1.165) is 49.0 Å². The molecular formula is C18H21N3O2S. The molecule has 126 valence electrons. The highest BCUT2D eigenvalue weighted by molar-refractivity contribution is 7.80. The topological polar surface area (TPSA) is 59.8 Å². The number of hydrogen-bond acceptors (Lipinski definition) is 4. The smallest absolute Gasteiger partial charge is 0.168 e. The molecule has 6 heteroatoms. The average molecular weight is 343 g/mol. The number of nitrogens with one attached hydrogen (secondary N) is 1. The van der Waals surface area contributed by atoms with Gasteiger partial charge in [0.25, 0.3) is 0 Å². The van der Waals surface area contributed by atoms with E-state index in [1.807, 2.05) is 42.5 Å². The van der Waals surface area contributed by atoms with Crippen LogP contribution in [0.3, 0.4) is 0 Å². The Balaban J connectivity index is 1.77. The minimum Gasteiger partial charge on any atom is -0.487 e. The third-order valence-electron chi connectivity index (χ3n) is 3.83. The summed E-state index contributed by atoms with van der Waals surface area (Å²) in [7, 11) is 0. The lowest BCUT2D eigenvalue weighted by molar-refractivity contribution is 0.122. The van der Waals surface area contributed by atoms with E-state index in [0.29, 0.717) is 6.61 Å². The van der Waals surface area contributed by atoms with Crippen LogP contribution in [0.4, 0.5) is 11.4 Å². The Labute approximate surface area is 147 Å². The molecule has 0 amide bonds. The second-order valence-corrected chi connectivity index (χ2v) is 5.98. The Bertz CT molecular complexity index is 688. The molecule has 3 N–H and O–H groups in total. The summed E-state index contributed by atoms with van der Waals surface area (Å²) in [6.45, 7) is 3.71. The van der Waals surface area contributed by atoms with Gasteiger partial charge in [0.15, 0.2) is 5.11 Å². The molecule has 0 atom stereocenters. The van der Waals surface area contributed by atoms with Gasteiger partial charge in [0.1, 0.15) is 12.4 Å². The van der Waals surface area contributed by atoms with Gasteiger partial charge >= 0.3 is 0 Å². The standard InChI is InChI=1S/C18H21N3O2S/c19-18(24)20-16-12-15(21-8-10-22-11-9-21)6-7-17(16)23-13-14-4-2-1-3-5-14/h1-7,12H,8-11,13H2,(H3,19,20,24). The lowest BCUT2D eigenvalue weighted by Crippen LogP contribution is -2.36. The Morgan fingerprint density at radius 3 is 2.62 bits per heavy atom. The van der Waals surface area contributed by atoms with E-state index in [2.05, 4.69) is 16.3 Å². The SMILES string of the molecule is NC(=S)Nc1cc(N2CCOCC2)ccc1OCc1ccccc1. The number of nitrogens with two attached hydrogens (primary N) is 1. The van der Waals surface area contributed by atoms with Gasteiger partial charge in [-0.2, -0.15) is 0 Å². The number of morpholine rings is 1. The van der Waals surface area contributed by atoms with Gasteiger partial charge < -0.3 is 25.4 Å². The van der Waals surface area contributed by atoms with Crippen molar-refractivity contribution in [2.75, 3.05) is 36.5 Å². The van der Waals surface area contributed by atoms with Gasteiger partial charge in [-0.1, -0.05) is 30.3 Å². The summed E-state index contributed by atoms with van der Waals surface area (Å²) in [6.07, 6.45) is 0. The summed E-state index contributed by atoms with van der Waals surface area (Å²) >= 11 is 4.99. The first-order valence-corrected chi connectivity index (χ1v) is 8.33. The molecule has 0 radical (unpaired) electrons. The highest BCUT2D eigenvalue weighted by Gasteiger charge is 2.14. The fraction of sp³-hybridized carbons (Fsp3) is 0.278. The maximum absolute atomic E-state index is 5.95. The second kappa shape index (κ2) is 7.99. The van der Waals surface area contributed by atoms with Crippen LogP contribution in [0.1, 0.15) is 5.56 Å². The molecule has 24 heavy (non-hydrogen) atoms. The lowest BCUT2D eigenvalue weighted by Gasteiger charge is -2.29. The molecule has 0 saturated carbocycles. The van der Waals surface area contributed by atoms with Gasteiger partial charge in [0, 0.05) is 18.8 Å². The maximum Gasteiger partial charge on any atom is 0.168 e. The van der Waals surface area contributed by atoms with Crippen LogP contribution in [0.15, 0.2) is 48.5 Å². The van der Waals surface area contributed by atoms with E-state index in [4.69, 9.17) is 27.4 Å². The zero-order chi connectivity index (χ0) is 16.8. The van der Waals surface area contributed by atoms with Crippen molar-refractivity contribution in [3.05, 3.63) is 54.1 Å². The van der Waals surface area contributed by atoms with E-state index in [1.54, 1.807) is 0 Å². The Morgan fingerprint density at radius 1 is 1.17 bits per heavy atom. The van der Waals surface area contributed by atoms with Crippen molar-refractivity contribution in [1.82, 2.24) is 0 Å². The number of rotatable bonds is 5. The molecule has 1 fully saturated rings. The molecule has 0 unspecified atom stereocenters. The molecule has 3 rings (SSSR count). The lowest BCUT2D eigenvalue weighted by atomic mass is 10.2.